The average Bonchev–Trinajstić information content (AvgIpc) is 2.67. The minimum Gasteiger partial charge on any atom is -0.381 e. The number of guanidine groups is 1. The molecular formula is C20H33N3O3S. The zero-order chi connectivity index (χ0) is 19.5. The maximum Gasteiger partial charge on any atom is 0.193 e. The normalized spacial score (nSPS) is 16.3. The molecule has 27 heavy (non-hydrogen) atoms. The number of ether oxygens (including phenoxy) is 1. The second kappa shape index (κ2) is 11.3. The fourth-order valence-corrected chi connectivity index (χ4v) is 4.72. The van der Waals surface area contributed by atoms with Crippen LogP contribution in [0.25, 0.3) is 0 Å². The van der Waals surface area contributed by atoms with Crippen LogP contribution in [0.1, 0.15) is 31.2 Å². The first-order chi connectivity index (χ1) is 13.0. The number of sulfone groups is 1. The van der Waals surface area contributed by atoms with Crippen LogP contribution in [0.4, 0.5) is 0 Å². The van der Waals surface area contributed by atoms with Gasteiger partial charge in [-0.25, -0.2) is 8.42 Å². The molecule has 0 aromatic heterocycles. The highest BCUT2D eigenvalue weighted by Crippen LogP contribution is 2.18. The lowest BCUT2D eigenvalue weighted by Crippen LogP contribution is -2.40. The number of hydrogen-bond acceptors (Lipinski definition) is 4. The monoisotopic (exact) mass is 395 g/mol. The summed E-state index contributed by atoms with van der Waals surface area (Å²) in [6.07, 6.45) is 3.98. The smallest absolute Gasteiger partial charge is 0.193 e. The molecule has 0 radical (unpaired) electrons. The fraction of sp³-hybridized carbons (Fsp3) is 0.650. The van der Waals surface area contributed by atoms with E-state index in [1.54, 1.807) is 7.05 Å². The number of rotatable bonds is 9. The molecule has 1 N–H and O–H groups in total. The Bertz CT molecular complexity index is 671. The summed E-state index contributed by atoms with van der Waals surface area (Å²) in [4.78, 5) is 6.43. The Morgan fingerprint density at radius 3 is 2.63 bits per heavy atom. The molecular weight excluding hydrogens is 362 g/mol. The van der Waals surface area contributed by atoms with Crippen LogP contribution < -0.4 is 5.32 Å². The van der Waals surface area contributed by atoms with E-state index in [1.165, 1.54) is 0 Å². The Morgan fingerprint density at radius 1 is 1.26 bits per heavy atom. The molecule has 152 valence electrons. The lowest BCUT2D eigenvalue weighted by Gasteiger charge is -2.26. The third kappa shape index (κ3) is 8.30. The summed E-state index contributed by atoms with van der Waals surface area (Å²) < 4.78 is 29.9. The van der Waals surface area contributed by atoms with Gasteiger partial charge in [0, 0.05) is 40.4 Å². The lowest BCUT2D eigenvalue weighted by molar-refractivity contribution is 0.0625. The van der Waals surface area contributed by atoms with Gasteiger partial charge in [0.2, 0.25) is 0 Å². The summed E-state index contributed by atoms with van der Waals surface area (Å²) in [5.74, 6) is 1.83. The molecule has 0 bridgehead atoms. The van der Waals surface area contributed by atoms with Gasteiger partial charge in [-0.15, -0.1) is 0 Å². The van der Waals surface area contributed by atoms with Crippen molar-refractivity contribution in [2.24, 2.45) is 10.9 Å². The summed E-state index contributed by atoms with van der Waals surface area (Å²) in [6.45, 7) is 3.29. The van der Waals surface area contributed by atoms with Crippen LogP contribution in [0.3, 0.4) is 0 Å². The van der Waals surface area contributed by atoms with E-state index in [-0.39, 0.29) is 11.5 Å². The minimum atomic E-state index is -3.09. The highest BCUT2D eigenvalue weighted by molar-refractivity contribution is 7.90. The molecule has 1 aliphatic rings. The largest absolute Gasteiger partial charge is 0.381 e. The van der Waals surface area contributed by atoms with Gasteiger partial charge in [0.15, 0.2) is 15.8 Å². The third-order valence-corrected chi connectivity index (χ3v) is 6.62. The van der Waals surface area contributed by atoms with E-state index in [9.17, 15) is 8.42 Å². The Balaban J connectivity index is 1.67. The highest BCUT2D eigenvalue weighted by atomic mass is 32.2. The van der Waals surface area contributed by atoms with Gasteiger partial charge in [-0.05, 0) is 37.2 Å². The van der Waals surface area contributed by atoms with Crippen LogP contribution in [0.2, 0.25) is 0 Å². The first kappa shape index (κ1) is 21.7. The molecule has 0 unspecified atom stereocenters. The quantitative estimate of drug-likeness (QED) is 0.395. The van der Waals surface area contributed by atoms with Gasteiger partial charge >= 0.3 is 0 Å². The van der Waals surface area contributed by atoms with E-state index in [4.69, 9.17) is 4.74 Å². The molecule has 7 heteroatoms. The molecule has 1 aliphatic heterocycles. The molecule has 2 rings (SSSR count). The minimum absolute atomic E-state index is 0.105. The summed E-state index contributed by atoms with van der Waals surface area (Å²) in [5.41, 5.74) is 0.842. The third-order valence-electron chi connectivity index (χ3n) is 4.93. The Morgan fingerprint density at radius 2 is 1.96 bits per heavy atom. The number of nitrogens with zero attached hydrogens (tertiary/aromatic N) is 2. The maximum atomic E-state index is 12.2. The van der Waals surface area contributed by atoms with Crippen LogP contribution >= 0.6 is 0 Å². The van der Waals surface area contributed by atoms with E-state index in [2.05, 4.69) is 15.2 Å². The van der Waals surface area contributed by atoms with Crippen molar-refractivity contribution in [3.05, 3.63) is 35.9 Å². The van der Waals surface area contributed by atoms with Crippen molar-refractivity contribution < 1.29 is 13.2 Å². The second-order valence-corrected chi connectivity index (χ2v) is 9.36. The van der Waals surface area contributed by atoms with Crippen molar-refractivity contribution in [1.29, 1.82) is 0 Å². The van der Waals surface area contributed by atoms with Gasteiger partial charge in [-0.2, -0.15) is 0 Å². The topological polar surface area (TPSA) is 71.0 Å². The van der Waals surface area contributed by atoms with Gasteiger partial charge in [0.05, 0.1) is 11.5 Å². The van der Waals surface area contributed by atoms with Gasteiger partial charge in [0.1, 0.15) is 0 Å². The summed E-state index contributed by atoms with van der Waals surface area (Å²) >= 11 is 0. The standard InChI is InChI=1S/C20H33N3O3S/c1-21-20(23(2)13-9-18-10-14-26-15-11-18)22-12-6-16-27(24,25)17-19-7-4-3-5-8-19/h3-5,7-8,18H,6,9-17H2,1-2H3,(H,21,22). The molecule has 1 heterocycles. The predicted molar refractivity (Wildman–Crippen MR) is 111 cm³/mol. The first-order valence-corrected chi connectivity index (χ1v) is 11.6. The summed E-state index contributed by atoms with van der Waals surface area (Å²) in [5, 5.41) is 3.28. The molecule has 0 atom stereocenters. The Hall–Kier alpha value is -1.60. The molecule has 0 saturated carbocycles. The van der Waals surface area contributed by atoms with Gasteiger partial charge in [-0.3, -0.25) is 4.99 Å². The van der Waals surface area contributed by atoms with Crippen molar-refractivity contribution >= 4 is 15.8 Å². The van der Waals surface area contributed by atoms with E-state index in [0.717, 1.165) is 56.5 Å². The van der Waals surface area contributed by atoms with E-state index in [1.807, 2.05) is 37.4 Å². The van der Waals surface area contributed by atoms with Crippen LogP contribution in [-0.2, 0) is 20.3 Å². The van der Waals surface area contributed by atoms with Crippen molar-refractivity contribution in [2.75, 3.05) is 46.2 Å². The number of aliphatic imine (C=N–C) groups is 1. The number of benzene rings is 1. The van der Waals surface area contributed by atoms with Gasteiger partial charge < -0.3 is 15.0 Å². The SMILES string of the molecule is CN=C(NCCCS(=O)(=O)Cc1ccccc1)N(C)CCC1CCOCC1. The molecule has 1 aromatic carbocycles. The van der Waals surface area contributed by atoms with E-state index < -0.39 is 9.84 Å². The molecule has 0 aliphatic carbocycles. The fourth-order valence-electron chi connectivity index (χ4n) is 3.29. The van der Waals surface area contributed by atoms with Crippen LogP contribution in [0, 0.1) is 5.92 Å². The molecule has 0 spiro atoms. The van der Waals surface area contributed by atoms with Crippen LogP contribution in [0.15, 0.2) is 35.3 Å². The predicted octanol–water partition coefficient (Wildman–Crippen LogP) is 2.32. The summed E-state index contributed by atoms with van der Waals surface area (Å²) in [6, 6.07) is 9.33. The van der Waals surface area contributed by atoms with Gasteiger partial charge in [-0.1, -0.05) is 30.3 Å². The first-order valence-electron chi connectivity index (χ1n) is 9.74. The van der Waals surface area contributed by atoms with E-state index in [0.29, 0.717) is 13.0 Å². The zero-order valence-corrected chi connectivity index (χ0v) is 17.4. The molecule has 1 aromatic rings. The van der Waals surface area contributed by atoms with Crippen LogP contribution in [0.5, 0.6) is 0 Å². The molecule has 6 nitrogen and oxygen atoms in total. The Labute approximate surface area is 163 Å². The molecule has 1 fully saturated rings. The number of hydrogen-bond donors (Lipinski definition) is 1. The van der Waals surface area contributed by atoms with E-state index >= 15 is 0 Å². The highest BCUT2D eigenvalue weighted by Gasteiger charge is 2.16. The Kier molecular flexibility index (Phi) is 9.07. The van der Waals surface area contributed by atoms with Crippen molar-refractivity contribution in [3.63, 3.8) is 0 Å². The van der Waals surface area contributed by atoms with Crippen LogP contribution in [-0.4, -0.2) is 65.4 Å². The average molecular weight is 396 g/mol. The summed E-state index contributed by atoms with van der Waals surface area (Å²) in [7, 11) is 0.702. The lowest BCUT2D eigenvalue weighted by atomic mass is 9.96. The van der Waals surface area contributed by atoms with Crippen molar-refractivity contribution in [2.45, 2.75) is 31.4 Å². The second-order valence-electron chi connectivity index (χ2n) is 7.17. The van der Waals surface area contributed by atoms with Crippen molar-refractivity contribution in [3.8, 4) is 0 Å². The van der Waals surface area contributed by atoms with Crippen molar-refractivity contribution in [1.82, 2.24) is 10.2 Å². The number of nitrogens with one attached hydrogen (secondary N) is 1. The maximum absolute atomic E-state index is 12.2. The van der Waals surface area contributed by atoms with Gasteiger partial charge in [0.25, 0.3) is 0 Å². The zero-order valence-electron chi connectivity index (χ0n) is 16.6. The molecule has 1 saturated heterocycles. The molecule has 0 amide bonds.